The van der Waals surface area contributed by atoms with Crippen LogP contribution in [0.3, 0.4) is 0 Å². The van der Waals surface area contributed by atoms with Gasteiger partial charge in [0, 0.05) is 17.7 Å². The van der Waals surface area contributed by atoms with Gasteiger partial charge in [-0.05, 0) is 37.3 Å². The average molecular weight is 267 g/mol. The van der Waals surface area contributed by atoms with Crippen molar-refractivity contribution in [3.05, 3.63) is 34.9 Å². The van der Waals surface area contributed by atoms with Crippen LogP contribution in [0.1, 0.15) is 62.1 Å². The Kier molecular flexibility index (Phi) is 4.92. The highest BCUT2D eigenvalue weighted by Gasteiger charge is 2.23. The summed E-state index contributed by atoms with van der Waals surface area (Å²) in [4.78, 5) is 0. The van der Waals surface area contributed by atoms with Gasteiger partial charge in [0.2, 0.25) is 0 Å². The van der Waals surface area contributed by atoms with Gasteiger partial charge in [-0.2, -0.15) is 0 Å². The molecule has 1 aliphatic rings. The maximum Gasteiger partial charge on any atom is 0.130 e. The predicted molar refractivity (Wildman–Crippen MR) is 73.8 cm³/mol. The van der Waals surface area contributed by atoms with Gasteiger partial charge in [0.1, 0.15) is 11.6 Å². The van der Waals surface area contributed by atoms with Crippen LogP contribution in [-0.2, 0) is 0 Å². The SMILES string of the molecule is Cc1cc(C(N)C2CCCCCCC2)c(F)cc1F. The molecule has 106 valence electrons. The van der Waals surface area contributed by atoms with E-state index in [0.29, 0.717) is 17.0 Å². The van der Waals surface area contributed by atoms with Crippen molar-refractivity contribution in [2.45, 2.75) is 57.9 Å². The molecule has 0 heterocycles. The average Bonchev–Trinajstić information content (AvgIpc) is 2.32. The highest BCUT2D eigenvalue weighted by molar-refractivity contribution is 5.28. The number of nitrogens with two attached hydrogens (primary N) is 1. The van der Waals surface area contributed by atoms with Crippen molar-refractivity contribution in [1.29, 1.82) is 0 Å². The van der Waals surface area contributed by atoms with E-state index in [2.05, 4.69) is 0 Å². The molecule has 1 aliphatic carbocycles. The summed E-state index contributed by atoms with van der Waals surface area (Å²) in [6, 6.07) is 2.24. The maximum atomic E-state index is 13.9. The van der Waals surface area contributed by atoms with Crippen LogP contribution in [0.15, 0.2) is 12.1 Å². The van der Waals surface area contributed by atoms with Gasteiger partial charge >= 0.3 is 0 Å². The van der Waals surface area contributed by atoms with E-state index in [-0.39, 0.29) is 6.04 Å². The summed E-state index contributed by atoms with van der Waals surface area (Å²) in [7, 11) is 0. The standard InChI is InChI=1S/C16H23F2N/c1-11-9-13(15(18)10-14(11)17)16(19)12-7-5-3-2-4-6-8-12/h9-10,12,16H,2-8,19H2,1H3. The number of halogens is 2. The first-order valence-corrected chi connectivity index (χ1v) is 7.30. The monoisotopic (exact) mass is 267 g/mol. The summed E-state index contributed by atoms with van der Waals surface area (Å²) in [5, 5.41) is 0. The first-order valence-electron chi connectivity index (χ1n) is 7.30. The molecule has 0 bridgehead atoms. The lowest BCUT2D eigenvalue weighted by Crippen LogP contribution is -2.23. The lowest BCUT2D eigenvalue weighted by molar-refractivity contribution is 0.322. The Morgan fingerprint density at radius 3 is 2.21 bits per heavy atom. The predicted octanol–water partition coefficient (Wildman–Crippen LogP) is 4.63. The molecular formula is C16H23F2N. The first kappa shape index (κ1) is 14.4. The van der Waals surface area contributed by atoms with E-state index in [4.69, 9.17) is 5.73 Å². The fraction of sp³-hybridized carbons (Fsp3) is 0.625. The molecule has 1 aromatic carbocycles. The molecule has 1 unspecified atom stereocenters. The second-order valence-electron chi connectivity index (χ2n) is 5.75. The summed E-state index contributed by atoms with van der Waals surface area (Å²) in [5.74, 6) is -0.677. The van der Waals surface area contributed by atoms with Crippen LogP contribution in [0.2, 0.25) is 0 Å². The van der Waals surface area contributed by atoms with Crippen LogP contribution in [-0.4, -0.2) is 0 Å². The van der Waals surface area contributed by atoms with E-state index in [1.165, 1.54) is 32.1 Å². The number of hydrogen-bond donors (Lipinski definition) is 1. The molecule has 1 saturated carbocycles. The zero-order valence-electron chi connectivity index (χ0n) is 11.6. The second-order valence-corrected chi connectivity index (χ2v) is 5.75. The summed E-state index contributed by atoms with van der Waals surface area (Å²) < 4.78 is 27.2. The van der Waals surface area contributed by atoms with Gasteiger partial charge in [0.15, 0.2) is 0 Å². The van der Waals surface area contributed by atoms with E-state index < -0.39 is 11.6 Å². The molecule has 0 radical (unpaired) electrons. The third-order valence-electron chi connectivity index (χ3n) is 4.29. The van der Waals surface area contributed by atoms with Crippen molar-refractivity contribution in [2.24, 2.45) is 11.7 Å². The van der Waals surface area contributed by atoms with Crippen LogP contribution >= 0.6 is 0 Å². The summed E-state index contributed by atoms with van der Waals surface area (Å²) in [6.07, 6.45) is 8.22. The van der Waals surface area contributed by atoms with E-state index in [1.807, 2.05) is 0 Å². The van der Waals surface area contributed by atoms with Crippen molar-refractivity contribution in [2.75, 3.05) is 0 Å². The largest absolute Gasteiger partial charge is 0.324 e. The molecule has 1 atom stereocenters. The van der Waals surface area contributed by atoms with Gasteiger partial charge in [0.25, 0.3) is 0 Å². The van der Waals surface area contributed by atoms with E-state index in [1.54, 1.807) is 13.0 Å². The fourth-order valence-electron chi connectivity index (χ4n) is 3.04. The Balaban J connectivity index is 2.17. The smallest absolute Gasteiger partial charge is 0.130 e. The molecule has 1 aromatic rings. The second kappa shape index (κ2) is 6.47. The van der Waals surface area contributed by atoms with Crippen LogP contribution in [0.25, 0.3) is 0 Å². The number of aryl methyl sites for hydroxylation is 1. The molecule has 0 saturated heterocycles. The Hall–Kier alpha value is -0.960. The van der Waals surface area contributed by atoms with Crippen LogP contribution in [0.4, 0.5) is 8.78 Å². The van der Waals surface area contributed by atoms with Crippen LogP contribution in [0.5, 0.6) is 0 Å². The summed E-state index contributed by atoms with van der Waals surface area (Å²) in [6.45, 7) is 1.66. The number of hydrogen-bond acceptors (Lipinski definition) is 1. The van der Waals surface area contributed by atoms with E-state index >= 15 is 0 Å². The number of rotatable bonds is 2. The Labute approximate surface area is 114 Å². The Morgan fingerprint density at radius 2 is 1.58 bits per heavy atom. The van der Waals surface area contributed by atoms with Crippen molar-refractivity contribution in [3.8, 4) is 0 Å². The normalized spacial score (nSPS) is 19.8. The van der Waals surface area contributed by atoms with Crippen molar-refractivity contribution >= 4 is 0 Å². The minimum absolute atomic E-state index is 0.308. The molecule has 3 heteroatoms. The minimum atomic E-state index is -0.502. The highest BCUT2D eigenvalue weighted by atomic mass is 19.1. The van der Waals surface area contributed by atoms with Crippen LogP contribution in [0, 0.1) is 24.5 Å². The van der Waals surface area contributed by atoms with Gasteiger partial charge in [-0.15, -0.1) is 0 Å². The van der Waals surface area contributed by atoms with Crippen molar-refractivity contribution in [1.82, 2.24) is 0 Å². The molecule has 1 nitrogen and oxygen atoms in total. The number of benzene rings is 1. The molecule has 19 heavy (non-hydrogen) atoms. The highest BCUT2D eigenvalue weighted by Crippen LogP contribution is 2.33. The van der Waals surface area contributed by atoms with Gasteiger partial charge in [0.05, 0.1) is 0 Å². The lowest BCUT2D eigenvalue weighted by Gasteiger charge is -2.26. The zero-order valence-corrected chi connectivity index (χ0v) is 11.6. The Bertz CT molecular complexity index is 423. The quantitative estimate of drug-likeness (QED) is 0.830. The molecule has 0 aromatic heterocycles. The molecule has 2 rings (SSSR count). The zero-order chi connectivity index (χ0) is 13.8. The van der Waals surface area contributed by atoms with Gasteiger partial charge in [-0.1, -0.05) is 32.1 Å². The molecule has 2 N–H and O–H groups in total. The maximum absolute atomic E-state index is 13.9. The minimum Gasteiger partial charge on any atom is -0.324 e. The molecule has 0 spiro atoms. The van der Waals surface area contributed by atoms with E-state index in [0.717, 1.165) is 18.9 Å². The third-order valence-corrected chi connectivity index (χ3v) is 4.29. The fourth-order valence-corrected chi connectivity index (χ4v) is 3.04. The summed E-state index contributed by atoms with van der Waals surface area (Å²) >= 11 is 0. The summed E-state index contributed by atoms with van der Waals surface area (Å²) in [5.41, 5.74) is 7.19. The molecule has 0 amide bonds. The Morgan fingerprint density at radius 1 is 1.00 bits per heavy atom. The van der Waals surface area contributed by atoms with Gasteiger partial charge in [-0.3, -0.25) is 0 Å². The van der Waals surface area contributed by atoms with Gasteiger partial charge < -0.3 is 5.73 Å². The van der Waals surface area contributed by atoms with Gasteiger partial charge in [-0.25, -0.2) is 8.78 Å². The molecular weight excluding hydrogens is 244 g/mol. The van der Waals surface area contributed by atoms with Crippen LogP contribution < -0.4 is 5.73 Å². The van der Waals surface area contributed by atoms with E-state index in [9.17, 15) is 8.78 Å². The van der Waals surface area contributed by atoms with Crippen molar-refractivity contribution in [3.63, 3.8) is 0 Å². The third kappa shape index (κ3) is 3.53. The molecule has 0 aliphatic heterocycles. The lowest BCUT2D eigenvalue weighted by atomic mass is 9.83. The molecule has 1 fully saturated rings. The van der Waals surface area contributed by atoms with Crippen molar-refractivity contribution < 1.29 is 8.78 Å². The topological polar surface area (TPSA) is 26.0 Å². The first-order chi connectivity index (χ1) is 9.09.